The van der Waals surface area contributed by atoms with Crippen molar-refractivity contribution in [1.29, 1.82) is 0 Å². The fourth-order valence-corrected chi connectivity index (χ4v) is 2.44. The van der Waals surface area contributed by atoms with Gasteiger partial charge in [-0.05, 0) is 18.1 Å². The van der Waals surface area contributed by atoms with Crippen LogP contribution in [0.15, 0.2) is 36.7 Å². The van der Waals surface area contributed by atoms with Gasteiger partial charge in [-0.15, -0.1) is 0 Å². The van der Waals surface area contributed by atoms with Gasteiger partial charge in [0.1, 0.15) is 0 Å². The first kappa shape index (κ1) is 16.0. The molecule has 1 aromatic carbocycles. The van der Waals surface area contributed by atoms with Crippen molar-refractivity contribution in [2.24, 2.45) is 0 Å². The highest BCUT2D eigenvalue weighted by Gasteiger charge is 2.07. The molecule has 8 heteroatoms. The maximum Gasteiger partial charge on any atom is 0.320 e. The Morgan fingerprint density at radius 2 is 2.29 bits per heavy atom. The summed E-state index contributed by atoms with van der Waals surface area (Å²) in [6.45, 7) is 1.85. The predicted molar refractivity (Wildman–Crippen MR) is 90.7 cm³/mol. The van der Waals surface area contributed by atoms with Gasteiger partial charge in [0, 0.05) is 44.5 Å². The van der Waals surface area contributed by atoms with E-state index in [0.717, 1.165) is 29.4 Å². The fraction of sp³-hybridized carbons (Fsp3) is 0.312. The molecule has 0 radical (unpaired) electrons. The van der Waals surface area contributed by atoms with Crippen molar-refractivity contribution in [3.8, 4) is 0 Å². The Bertz CT molecular complexity index is 810. The molecule has 2 heterocycles. The quantitative estimate of drug-likeness (QED) is 0.579. The average Bonchev–Trinajstić information content (AvgIpc) is 3.22. The first-order valence-electron chi connectivity index (χ1n) is 7.74. The summed E-state index contributed by atoms with van der Waals surface area (Å²) in [6, 6.07) is 7.31. The van der Waals surface area contributed by atoms with Crippen LogP contribution >= 0.6 is 0 Å². The van der Waals surface area contributed by atoms with Crippen LogP contribution in [0.25, 0.3) is 10.9 Å². The molecule has 0 aliphatic heterocycles. The molecule has 0 aliphatic rings. The van der Waals surface area contributed by atoms with Crippen LogP contribution < -0.4 is 10.6 Å². The third-order valence-electron chi connectivity index (χ3n) is 3.63. The van der Waals surface area contributed by atoms with Crippen molar-refractivity contribution >= 4 is 22.8 Å². The minimum Gasteiger partial charge on any atom is -0.385 e. The van der Waals surface area contributed by atoms with E-state index in [1.807, 2.05) is 24.4 Å². The molecule has 0 spiro atoms. The molecule has 0 saturated carbocycles. The van der Waals surface area contributed by atoms with Gasteiger partial charge < -0.3 is 10.1 Å². The monoisotopic (exact) mass is 328 g/mol. The lowest BCUT2D eigenvalue weighted by atomic mass is 10.1. The number of aromatic nitrogens is 4. The van der Waals surface area contributed by atoms with Gasteiger partial charge in [-0.2, -0.15) is 10.2 Å². The van der Waals surface area contributed by atoms with Crippen LogP contribution in [0.3, 0.4) is 0 Å². The molecular formula is C16H20N6O2. The number of aromatic amines is 1. The molecule has 0 saturated heterocycles. The number of H-pyrrole nitrogens is 1. The third-order valence-corrected chi connectivity index (χ3v) is 3.63. The summed E-state index contributed by atoms with van der Waals surface area (Å²) in [7, 11) is 1.67. The number of anilines is 1. The van der Waals surface area contributed by atoms with Gasteiger partial charge in [0.15, 0.2) is 5.82 Å². The van der Waals surface area contributed by atoms with E-state index in [4.69, 9.17) is 4.74 Å². The standard InChI is InChI=1S/C16H20N6O2/c1-24-9-3-7-22-8-6-15(21-22)19-16(23)17-10-12-4-2-5-14-13(12)11-18-20-14/h2,4-6,8,11H,3,7,9-10H2,1H3,(H,18,20)(H2,17,19,21,23). The number of benzene rings is 1. The number of urea groups is 1. The second-order valence-electron chi connectivity index (χ2n) is 5.37. The number of hydrogen-bond donors (Lipinski definition) is 3. The highest BCUT2D eigenvalue weighted by Crippen LogP contribution is 2.15. The Hall–Kier alpha value is -2.87. The molecule has 0 bridgehead atoms. The number of carbonyl (C=O) groups excluding carboxylic acids is 1. The lowest BCUT2D eigenvalue weighted by Crippen LogP contribution is -2.28. The Kier molecular flexibility index (Phi) is 5.07. The summed E-state index contributed by atoms with van der Waals surface area (Å²) in [4.78, 5) is 12.0. The zero-order valence-electron chi connectivity index (χ0n) is 13.5. The molecular weight excluding hydrogens is 308 g/mol. The van der Waals surface area contributed by atoms with E-state index >= 15 is 0 Å². The molecule has 126 valence electrons. The smallest absolute Gasteiger partial charge is 0.320 e. The normalized spacial score (nSPS) is 10.9. The Balaban J connectivity index is 1.51. The zero-order valence-corrected chi connectivity index (χ0v) is 13.5. The van der Waals surface area contributed by atoms with Gasteiger partial charge in [-0.25, -0.2) is 4.79 Å². The average molecular weight is 328 g/mol. The summed E-state index contributed by atoms with van der Waals surface area (Å²) in [5, 5.41) is 17.8. The van der Waals surface area contributed by atoms with E-state index in [-0.39, 0.29) is 6.03 Å². The largest absolute Gasteiger partial charge is 0.385 e. The van der Waals surface area contributed by atoms with Gasteiger partial charge >= 0.3 is 6.03 Å². The van der Waals surface area contributed by atoms with Crippen LogP contribution in [0, 0.1) is 0 Å². The Labute approximate surface area is 139 Å². The number of methoxy groups -OCH3 is 1. The van der Waals surface area contributed by atoms with Crippen molar-refractivity contribution < 1.29 is 9.53 Å². The second-order valence-corrected chi connectivity index (χ2v) is 5.37. The number of nitrogens with zero attached hydrogens (tertiary/aromatic N) is 3. The number of rotatable bonds is 7. The van der Waals surface area contributed by atoms with Crippen LogP contribution in [0.2, 0.25) is 0 Å². The number of aryl methyl sites for hydroxylation is 1. The highest BCUT2D eigenvalue weighted by molar-refractivity contribution is 5.88. The van der Waals surface area contributed by atoms with E-state index in [1.165, 1.54) is 0 Å². The van der Waals surface area contributed by atoms with E-state index < -0.39 is 0 Å². The molecule has 3 rings (SSSR count). The Morgan fingerprint density at radius 3 is 3.17 bits per heavy atom. The number of ether oxygens (including phenoxy) is 1. The first-order valence-corrected chi connectivity index (χ1v) is 7.74. The van der Waals surface area contributed by atoms with Gasteiger partial charge in [-0.1, -0.05) is 12.1 Å². The number of fused-ring (bicyclic) bond motifs is 1. The number of nitrogens with one attached hydrogen (secondary N) is 3. The van der Waals surface area contributed by atoms with Crippen LogP contribution in [0.4, 0.5) is 10.6 Å². The van der Waals surface area contributed by atoms with Gasteiger partial charge in [0.2, 0.25) is 0 Å². The minimum atomic E-state index is -0.294. The predicted octanol–water partition coefficient (Wildman–Crippen LogP) is 2.12. The van der Waals surface area contributed by atoms with Crippen LogP contribution in [-0.4, -0.2) is 39.7 Å². The van der Waals surface area contributed by atoms with E-state index in [2.05, 4.69) is 25.9 Å². The van der Waals surface area contributed by atoms with E-state index in [9.17, 15) is 4.79 Å². The maximum absolute atomic E-state index is 12.0. The molecule has 8 nitrogen and oxygen atoms in total. The molecule has 2 amide bonds. The highest BCUT2D eigenvalue weighted by atomic mass is 16.5. The number of hydrogen-bond acceptors (Lipinski definition) is 4. The molecule has 3 aromatic rings. The van der Waals surface area contributed by atoms with Crippen molar-refractivity contribution in [2.45, 2.75) is 19.5 Å². The molecule has 0 unspecified atom stereocenters. The minimum absolute atomic E-state index is 0.294. The van der Waals surface area contributed by atoms with E-state index in [0.29, 0.717) is 19.0 Å². The maximum atomic E-state index is 12.0. The number of carbonyl (C=O) groups is 1. The molecule has 24 heavy (non-hydrogen) atoms. The molecule has 0 fully saturated rings. The summed E-state index contributed by atoms with van der Waals surface area (Å²) in [6.07, 6.45) is 4.46. The van der Waals surface area contributed by atoms with E-state index in [1.54, 1.807) is 24.1 Å². The van der Waals surface area contributed by atoms with Gasteiger partial charge in [0.05, 0.1) is 11.7 Å². The SMILES string of the molecule is COCCCn1ccc(NC(=O)NCc2cccc3[nH]ncc23)n1. The Morgan fingerprint density at radius 1 is 1.38 bits per heavy atom. The summed E-state index contributed by atoms with van der Waals surface area (Å²) in [5.74, 6) is 0.520. The molecule has 0 atom stereocenters. The fourth-order valence-electron chi connectivity index (χ4n) is 2.44. The lowest BCUT2D eigenvalue weighted by molar-refractivity contribution is 0.189. The van der Waals surface area contributed by atoms with Gasteiger partial charge in [0.25, 0.3) is 0 Å². The van der Waals surface area contributed by atoms with Crippen molar-refractivity contribution in [1.82, 2.24) is 25.3 Å². The van der Waals surface area contributed by atoms with Crippen LogP contribution in [-0.2, 0) is 17.8 Å². The van der Waals surface area contributed by atoms with Crippen molar-refractivity contribution in [2.75, 3.05) is 19.0 Å². The topological polar surface area (TPSA) is 96.9 Å². The summed E-state index contributed by atoms with van der Waals surface area (Å²) < 4.78 is 6.78. The lowest BCUT2D eigenvalue weighted by Gasteiger charge is -2.07. The van der Waals surface area contributed by atoms with Crippen LogP contribution in [0.1, 0.15) is 12.0 Å². The third kappa shape index (κ3) is 3.90. The van der Waals surface area contributed by atoms with Crippen molar-refractivity contribution in [3.63, 3.8) is 0 Å². The molecule has 3 N–H and O–H groups in total. The summed E-state index contributed by atoms with van der Waals surface area (Å²) >= 11 is 0. The van der Waals surface area contributed by atoms with Crippen LogP contribution in [0.5, 0.6) is 0 Å². The second kappa shape index (κ2) is 7.60. The first-order chi connectivity index (χ1) is 11.8. The van der Waals surface area contributed by atoms with Gasteiger partial charge in [-0.3, -0.25) is 15.1 Å². The summed E-state index contributed by atoms with van der Waals surface area (Å²) in [5.41, 5.74) is 1.95. The molecule has 2 aromatic heterocycles. The zero-order chi connectivity index (χ0) is 16.8. The molecule has 0 aliphatic carbocycles. The number of amides is 2. The van der Waals surface area contributed by atoms with Crippen molar-refractivity contribution in [3.05, 3.63) is 42.2 Å².